The standard InChI is InChI=1S/C22H21ClF3N5O3S/c23-18-9-19-27-10-17-16(31(19)29-18)2-1-7-30(17)15-5-3-14(4-6-15)21(22(24,25)26)28-20(32)8-13-11-35(33,34)12-13/h3-6,9-10,13,21H,1-2,7-8,11-12H2,(H,28,32)/t21-/m0/s1. The molecule has 0 aliphatic carbocycles. The summed E-state index contributed by atoms with van der Waals surface area (Å²) in [6, 6.07) is 5.30. The van der Waals surface area contributed by atoms with Crippen molar-refractivity contribution in [1.82, 2.24) is 19.9 Å². The van der Waals surface area contributed by atoms with E-state index in [0.717, 1.165) is 24.2 Å². The molecule has 186 valence electrons. The first-order valence-corrected chi connectivity index (χ1v) is 13.2. The van der Waals surface area contributed by atoms with Gasteiger partial charge in [0.1, 0.15) is 0 Å². The number of halogens is 4. The number of carbonyl (C=O) groups is 1. The number of amides is 1. The molecule has 2 aliphatic heterocycles. The number of fused-ring (bicyclic) bond motifs is 3. The van der Waals surface area contributed by atoms with E-state index in [-0.39, 0.29) is 23.5 Å². The van der Waals surface area contributed by atoms with E-state index >= 15 is 0 Å². The van der Waals surface area contributed by atoms with Crippen LogP contribution in [0.2, 0.25) is 5.15 Å². The smallest absolute Gasteiger partial charge is 0.341 e. The van der Waals surface area contributed by atoms with Crippen LogP contribution in [0.4, 0.5) is 24.5 Å². The van der Waals surface area contributed by atoms with Gasteiger partial charge in [-0.1, -0.05) is 23.7 Å². The quantitative estimate of drug-likeness (QED) is 0.544. The van der Waals surface area contributed by atoms with Gasteiger partial charge in [0, 0.05) is 24.7 Å². The molecule has 0 bridgehead atoms. The van der Waals surface area contributed by atoms with Gasteiger partial charge in [0.05, 0.1) is 29.1 Å². The molecule has 35 heavy (non-hydrogen) atoms. The lowest BCUT2D eigenvalue weighted by molar-refractivity contribution is -0.163. The molecule has 8 nitrogen and oxygen atoms in total. The minimum absolute atomic E-state index is 0.111. The number of hydrogen-bond acceptors (Lipinski definition) is 6. The average molecular weight is 528 g/mol. The van der Waals surface area contributed by atoms with Crippen LogP contribution in [0, 0.1) is 5.92 Å². The van der Waals surface area contributed by atoms with E-state index in [1.165, 1.54) is 12.1 Å². The molecule has 2 aliphatic rings. The first-order valence-electron chi connectivity index (χ1n) is 11.0. The number of rotatable bonds is 5. The first-order chi connectivity index (χ1) is 16.5. The van der Waals surface area contributed by atoms with Crippen LogP contribution < -0.4 is 10.2 Å². The largest absolute Gasteiger partial charge is 0.412 e. The van der Waals surface area contributed by atoms with E-state index < -0.39 is 33.9 Å². The number of alkyl halides is 3. The lowest BCUT2D eigenvalue weighted by Gasteiger charge is -2.31. The highest BCUT2D eigenvalue weighted by Gasteiger charge is 2.43. The maximum absolute atomic E-state index is 13.8. The number of nitrogens with one attached hydrogen (secondary N) is 1. The molecule has 5 rings (SSSR count). The minimum Gasteiger partial charge on any atom is -0.341 e. The zero-order chi connectivity index (χ0) is 25.0. The van der Waals surface area contributed by atoms with Gasteiger partial charge < -0.3 is 10.2 Å². The van der Waals surface area contributed by atoms with Gasteiger partial charge in [-0.25, -0.2) is 17.9 Å². The fraction of sp³-hybridized carbons (Fsp3) is 0.409. The van der Waals surface area contributed by atoms with Crippen LogP contribution in [0.3, 0.4) is 0 Å². The van der Waals surface area contributed by atoms with E-state index in [2.05, 4.69) is 10.1 Å². The monoisotopic (exact) mass is 527 g/mol. The number of nitrogens with zero attached hydrogens (tertiary/aromatic N) is 4. The Morgan fingerprint density at radius 2 is 1.94 bits per heavy atom. The number of benzene rings is 1. The molecular formula is C22H21ClF3N5O3S. The lowest BCUT2D eigenvalue weighted by Crippen LogP contribution is -2.43. The summed E-state index contributed by atoms with van der Waals surface area (Å²) in [6.07, 6.45) is -1.70. The molecule has 2 aromatic heterocycles. The highest BCUT2D eigenvalue weighted by atomic mass is 35.5. The zero-order valence-corrected chi connectivity index (χ0v) is 19.9. The van der Waals surface area contributed by atoms with Gasteiger partial charge in [-0.2, -0.15) is 18.3 Å². The van der Waals surface area contributed by atoms with Crippen molar-refractivity contribution in [3.8, 4) is 0 Å². The van der Waals surface area contributed by atoms with Crippen LogP contribution in [0.5, 0.6) is 0 Å². The predicted molar refractivity (Wildman–Crippen MR) is 123 cm³/mol. The Balaban J connectivity index is 1.36. The molecule has 1 fully saturated rings. The molecular weight excluding hydrogens is 507 g/mol. The number of anilines is 2. The number of aryl methyl sites for hydroxylation is 1. The van der Waals surface area contributed by atoms with Crippen molar-refractivity contribution in [2.24, 2.45) is 5.92 Å². The number of sulfone groups is 1. The molecule has 0 saturated carbocycles. The first kappa shape index (κ1) is 23.9. The van der Waals surface area contributed by atoms with Gasteiger partial charge in [0.2, 0.25) is 5.91 Å². The van der Waals surface area contributed by atoms with Crippen LogP contribution >= 0.6 is 11.6 Å². The minimum atomic E-state index is -4.71. The van der Waals surface area contributed by atoms with E-state index in [0.29, 0.717) is 23.0 Å². The van der Waals surface area contributed by atoms with Crippen molar-refractivity contribution in [3.05, 3.63) is 52.9 Å². The summed E-state index contributed by atoms with van der Waals surface area (Å²) in [5.74, 6) is -1.61. The van der Waals surface area contributed by atoms with Gasteiger partial charge >= 0.3 is 6.18 Å². The van der Waals surface area contributed by atoms with Gasteiger partial charge in [-0.05, 0) is 36.5 Å². The normalized spacial score (nSPS) is 18.7. The molecule has 0 unspecified atom stereocenters. The molecule has 1 saturated heterocycles. The van der Waals surface area contributed by atoms with Crippen molar-refractivity contribution >= 4 is 44.4 Å². The van der Waals surface area contributed by atoms with E-state index in [1.807, 2.05) is 10.2 Å². The summed E-state index contributed by atoms with van der Waals surface area (Å²) < 4.78 is 65.5. The Morgan fingerprint density at radius 1 is 1.23 bits per heavy atom. The lowest BCUT2D eigenvalue weighted by atomic mass is 10.0. The van der Waals surface area contributed by atoms with Gasteiger partial charge in [0.25, 0.3) is 0 Å². The van der Waals surface area contributed by atoms with Crippen LogP contribution in [0.15, 0.2) is 36.5 Å². The molecule has 1 N–H and O–H groups in total. The number of hydrogen-bond donors (Lipinski definition) is 1. The SMILES string of the molecule is O=C(CC1CS(=O)(=O)C1)N[C@@H](c1ccc(N2CCCc3c2cnc2cc(Cl)nn32)cc1)C(F)(F)F. The van der Waals surface area contributed by atoms with Crippen molar-refractivity contribution in [2.75, 3.05) is 23.0 Å². The number of aromatic nitrogens is 3. The Morgan fingerprint density at radius 3 is 2.60 bits per heavy atom. The highest BCUT2D eigenvalue weighted by molar-refractivity contribution is 7.92. The Hall–Kier alpha value is -2.86. The Kier molecular flexibility index (Phi) is 5.91. The molecule has 4 heterocycles. The molecule has 13 heteroatoms. The maximum atomic E-state index is 13.8. The highest BCUT2D eigenvalue weighted by Crippen LogP contribution is 2.37. The van der Waals surface area contributed by atoms with E-state index in [1.54, 1.807) is 28.9 Å². The summed E-state index contributed by atoms with van der Waals surface area (Å²) in [6.45, 7) is 0.651. The average Bonchev–Trinajstić information content (AvgIpc) is 3.16. The molecule has 0 spiro atoms. The van der Waals surface area contributed by atoms with Gasteiger partial charge in [-0.3, -0.25) is 4.79 Å². The second-order valence-electron chi connectivity index (χ2n) is 8.86. The van der Waals surface area contributed by atoms with Crippen LogP contribution in [0.25, 0.3) is 5.65 Å². The topological polar surface area (TPSA) is 96.7 Å². The number of carbonyl (C=O) groups excluding carboxylic acids is 1. The molecule has 1 atom stereocenters. The summed E-state index contributed by atoms with van der Waals surface area (Å²) in [4.78, 5) is 18.6. The third kappa shape index (κ3) is 4.81. The van der Waals surface area contributed by atoms with Crippen LogP contribution in [-0.4, -0.2) is 53.1 Å². The fourth-order valence-electron chi connectivity index (χ4n) is 4.67. The second kappa shape index (κ2) is 8.66. The van der Waals surface area contributed by atoms with Gasteiger partial charge in [-0.15, -0.1) is 0 Å². The molecule has 0 radical (unpaired) electrons. The van der Waals surface area contributed by atoms with Crippen molar-refractivity contribution in [2.45, 2.75) is 31.5 Å². The van der Waals surface area contributed by atoms with E-state index in [9.17, 15) is 26.4 Å². The third-order valence-corrected chi connectivity index (χ3v) is 8.38. The van der Waals surface area contributed by atoms with Crippen LogP contribution in [0.1, 0.15) is 30.1 Å². The fourth-order valence-corrected chi connectivity index (χ4v) is 6.41. The molecule has 1 amide bonds. The van der Waals surface area contributed by atoms with E-state index in [4.69, 9.17) is 11.6 Å². The van der Waals surface area contributed by atoms with Crippen molar-refractivity contribution in [1.29, 1.82) is 0 Å². The molecule has 3 aromatic rings. The zero-order valence-electron chi connectivity index (χ0n) is 18.3. The Bertz CT molecular complexity index is 1380. The summed E-state index contributed by atoms with van der Waals surface area (Å²) in [5.41, 5.74) is 2.90. The summed E-state index contributed by atoms with van der Waals surface area (Å²) >= 11 is 6.02. The van der Waals surface area contributed by atoms with Gasteiger partial charge in [0.15, 0.2) is 26.7 Å². The summed E-state index contributed by atoms with van der Waals surface area (Å²) in [7, 11) is -3.16. The van der Waals surface area contributed by atoms with Crippen molar-refractivity contribution < 1.29 is 26.4 Å². The maximum Gasteiger partial charge on any atom is 0.412 e. The Labute approximate surface area is 204 Å². The third-order valence-electron chi connectivity index (χ3n) is 6.24. The summed E-state index contributed by atoms with van der Waals surface area (Å²) in [5, 5.41) is 6.64. The molecule has 1 aromatic carbocycles. The second-order valence-corrected chi connectivity index (χ2v) is 11.4. The van der Waals surface area contributed by atoms with Crippen LogP contribution in [-0.2, 0) is 21.1 Å². The predicted octanol–water partition coefficient (Wildman–Crippen LogP) is 3.62. The van der Waals surface area contributed by atoms with Crippen molar-refractivity contribution in [3.63, 3.8) is 0 Å².